The summed E-state index contributed by atoms with van der Waals surface area (Å²) in [7, 11) is 0. The minimum atomic E-state index is 0.485. The molecular formula is C12H13N3. The first-order chi connectivity index (χ1) is 7.31. The zero-order chi connectivity index (χ0) is 10.7. The summed E-state index contributed by atoms with van der Waals surface area (Å²) in [4.78, 5) is 0. The van der Waals surface area contributed by atoms with Gasteiger partial charge in [-0.2, -0.15) is 10.2 Å². The smallest absolute Gasteiger partial charge is 0.0577 e. The predicted octanol–water partition coefficient (Wildman–Crippen LogP) is 1.91. The predicted molar refractivity (Wildman–Crippen MR) is 60.1 cm³/mol. The molecule has 1 aromatic heterocycles. The first-order valence-electron chi connectivity index (χ1n) is 4.88. The van der Waals surface area contributed by atoms with E-state index in [4.69, 9.17) is 5.73 Å². The average Bonchev–Trinajstić information content (AvgIpc) is 2.30. The van der Waals surface area contributed by atoms with E-state index in [1.165, 1.54) is 5.56 Å². The highest BCUT2D eigenvalue weighted by atomic mass is 15.1. The van der Waals surface area contributed by atoms with Gasteiger partial charge in [0.1, 0.15) is 0 Å². The van der Waals surface area contributed by atoms with Gasteiger partial charge in [-0.3, -0.25) is 0 Å². The molecule has 76 valence electrons. The quantitative estimate of drug-likeness (QED) is 0.803. The summed E-state index contributed by atoms with van der Waals surface area (Å²) in [5, 5.41) is 7.72. The van der Waals surface area contributed by atoms with Gasteiger partial charge < -0.3 is 5.73 Å². The Labute approximate surface area is 89.0 Å². The number of nitrogens with zero attached hydrogens (tertiary/aromatic N) is 2. The Bertz CT molecular complexity index is 449. The lowest BCUT2D eigenvalue weighted by molar-refractivity contribution is 0.969. The molecule has 0 bridgehead atoms. The highest BCUT2D eigenvalue weighted by molar-refractivity contribution is 5.66. The van der Waals surface area contributed by atoms with E-state index in [1.54, 1.807) is 12.4 Å². The molecule has 2 aromatic rings. The number of rotatable bonds is 2. The Hall–Kier alpha value is -1.74. The van der Waals surface area contributed by atoms with Gasteiger partial charge in [-0.05, 0) is 18.1 Å². The Morgan fingerprint density at radius 2 is 1.73 bits per heavy atom. The highest BCUT2D eigenvalue weighted by Gasteiger charge is 2.03. The fraction of sp³-hybridized carbons (Fsp3) is 0.167. The molecule has 1 aromatic carbocycles. The van der Waals surface area contributed by atoms with Crippen molar-refractivity contribution in [3.8, 4) is 11.1 Å². The lowest BCUT2D eigenvalue weighted by atomic mass is 10.0. The van der Waals surface area contributed by atoms with Crippen LogP contribution in [0.15, 0.2) is 36.7 Å². The lowest BCUT2D eigenvalue weighted by Gasteiger charge is -2.06. The van der Waals surface area contributed by atoms with Gasteiger partial charge in [0.2, 0.25) is 0 Å². The van der Waals surface area contributed by atoms with E-state index in [0.717, 1.165) is 16.7 Å². The molecule has 3 heteroatoms. The summed E-state index contributed by atoms with van der Waals surface area (Å²) in [6.07, 6.45) is 3.47. The Balaban J connectivity index is 2.49. The molecule has 0 aliphatic carbocycles. The van der Waals surface area contributed by atoms with Crippen LogP contribution in [0.4, 0.5) is 0 Å². The number of hydrogen-bond acceptors (Lipinski definition) is 3. The molecule has 0 fully saturated rings. The van der Waals surface area contributed by atoms with Crippen LogP contribution >= 0.6 is 0 Å². The third-order valence-electron chi connectivity index (χ3n) is 2.40. The van der Waals surface area contributed by atoms with Gasteiger partial charge in [-0.25, -0.2) is 0 Å². The molecule has 0 unspecified atom stereocenters. The van der Waals surface area contributed by atoms with Crippen LogP contribution in [0.3, 0.4) is 0 Å². The first kappa shape index (κ1) is 9.80. The number of aromatic nitrogens is 2. The van der Waals surface area contributed by atoms with E-state index < -0.39 is 0 Å². The SMILES string of the molecule is Cc1ccc(-c2cnncc2CN)cc1. The second-order valence-electron chi connectivity index (χ2n) is 3.50. The third kappa shape index (κ3) is 2.02. The maximum absolute atomic E-state index is 5.65. The van der Waals surface area contributed by atoms with Crippen LogP contribution in [0.1, 0.15) is 11.1 Å². The van der Waals surface area contributed by atoms with Crippen molar-refractivity contribution in [3.63, 3.8) is 0 Å². The second kappa shape index (κ2) is 4.19. The molecule has 0 saturated heterocycles. The molecule has 0 aliphatic heterocycles. The molecule has 0 spiro atoms. The maximum Gasteiger partial charge on any atom is 0.0577 e. The largest absolute Gasteiger partial charge is 0.326 e. The lowest BCUT2D eigenvalue weighted by Crippen LogP contribution is -2.00. The molecular weight excluding hydrogens is 186 g/mol. The number of aryl methyl sites for hydroxylation is 1. The first-order valence-corrected chi connectivity index (χ1v) is 4.88. The zero-order valence-corrected chi connectivity index (χ0v) is 8.64. The maximum atomic E-state index is 5.65. The minimum Gasteiger partial charge on any atom is -0.326 e. The molecule has 3 nitrogen and oxygen atoms in total. The van der Waals surface area contributed by atoms with Gasteiger partial charge >= 0.3 is 0 Å². The van der Waals surface area contributed by atoms with Crippen molar-refractivity contribution in [2.45, 2.75) is 13.5 Å². The number of nitrogens with two attached hydrogens (primary N) is 1. The van der Waals surface area contributed by atoms with Crippen molar-refractivity contribution in [3.05, 3.63) is 47.8 Å². The summed E-state index contributed by atoms with van der Waals surface area (Å²) in [6.45, 7) is 2.55. The van der Waals surface area contributed by atoms with Gasteiger partial charge in [-0.15, -0.1) is 0 Å². The van der Waals surface area contributed by atoms with E-state index in [0.29, 0.717) is 6.54 Å². The van der Waals surface area contributed by atoms with E-state index in [1.807, 2.05) is 0 Å². The van der Waals surface area contributed by atoms with Crippen molar-refractivity contribution < 1.29 is 0 Å². The molecule has 2 rings (SSSR count). The van der Waals surface area contributed by atoms with Crippen molar-refractivity contribution in [1.29, 1.82) is 0 Å². The number of benzene rings is 1. The van der Waals surface area contributed by atoms with Gasteiger partial charge in [0, 0.05) is 12.1 Å². The number of hydrogen-bond donors (Lipinski definition) is 1. The minimum absolute atomic E-state index is 0.485. The average molecular weight is 199 g/mol. The zero-order valence-electron chi connectivity index (χ0n) is 8.64. The molecule has 2 N–H and O–H groups in total. The molecule has 0 amide bonds. The molecule has 1 heterocycles. The fourth-order valence-electron chi connectivity index (χ4n) is 1.50. The summed E-state index contributed by atoms with van der Waals surface area (Å²) < 4.78 is 0. The van der Waals surface area contributed by atoms with Crippen molar-refractivity contribution >= 4 is 0 Å². The normalized spacial score (nSPS) is 10.3. The van der Waals surface area contributed by atoms with Crippen LogP contribution in [0.5, 0.6) is 0 Å². The van der Waals surface area contributed by atoms with Gasteiger partial charge in [0.15, 0.2) is 0 Å². The Morgan fingerprint density at radius 3 is 2.40 bits per heavy atom. The Kier molecular flexibility index (Phi) is 2.74. The van der Waals surface area contributed by atoms with Crippen molar-refractivity contribution in [2.75, 3.05) is 0 Å². The molecule has 0 aliphatic rings. The molecule has 0 radical (unpaired) electrons. The van der Waals surface area contributed by atoms with E-state index in [-0.39, 0.29) is 0 Å². The highest BCUT2D eigenvalue weighted by Crippen LogP contribution is 2.21. The van der Waals surface area contributed by atoms with Gasteiger partial charge in [0.05, 0.1) is 12.4 Å². The van der Waals surface area contributed by atoms with E-state index in [2.05, 4.69) is 41.4 Å². The van der Waals surface area contributed by atoms with E-state index >= 15 is 0 Å². The molecule has 15 heavy (non-hydrogen) atoms. The van der Waals surface area contributed by atoms with Crippen molar-refractivity contribution in [2.24, 2.45) is 5.73 Å². The van der Waals surface area contributed by atoms with Crippen molar-refractivity contribution in [1.82, 2.24) is 10.2 Å². The summed E-state index contributed by atoms with van der Waals surface area (Å²) in [6, 6.07) is 8.31. The van der Waals surface area contributed by atoms with Crippen LogP contribution in [0, 0.1) is 6.92 Å². The summed E-state index contributed by atoms with van der Waals surface area (Å²) in [5.74, 6) is 0. The summed E-state index contributed by atoms with van der Waals surface area (Å²) in [5.41, 5.74) is 10.1. The second-order valence-corrected chi connectivity index (χ2v) is 3.50. The summed E-state index contributed by atoms with van der Waals surface area (Å²) >= 11 is 0. The van der Waals surface area contributed by atoms with Crippen LogP contribution in [0.2, 0.25) is 0 Å². The molecule has 0 saturated carbocycles. The van der Waals surface area contributed by atoms with Crippen LogP contribution < -0.4 is 5.73 Å². The van der Waals surface area contributed by atoms with Crippen LogP contribution in [-0.2, 0) is 6.54 Å². The topological polar surface area (TPSA) is 51.8 Å². The standard InChI is InChI=1S/C12H13N3/c1-9-2-4-10(5-3-9)12-8-15-14-7-11(12)6-13/h2-5,7-8H,6,13H2,1H3. The fourth-order valence-corrected chi connectivity index (χ4v) is 1.50. The molecule has 0 atom stereocenters. The van der Waals surface area contributed by atoms with Crippen LogP contribution in [0.25, 0.3) is 11.1 Å². The van der Waals surface area contributed by atoms with Gasteiger partial charge in [-0.1, -0.05) is 29.8 Å². The Morgan fingerprint density at radius 1 is 1.07 bits per heavy atom. The monoisotopic (exact) mass is 199 g/mol. The van der Waals surface area contributed by atoms with E-state index in [9.17, 15) is 0 Å². The third-order valence-corrected chi connectivity index (χ3v) is 2.40. The van der Waals surface area contributed by atoms with Crippen LogP contribution in [-0.4, -0.2) is 10.2 Å². The van der Waals surface area contributed by atoms with Gasteiger partial charge in [0.25, 0.3) is 0 Å².